The topological polar surface area (TPSA) is 16.1 Å². The van der Waals surface area contributed by atoms with Gasteiger partial charge in [-0.25, -0.2) is 4.98 Å². The van der Waals surface area contributed by atoms with Crippen LogP contribution in [0, 0.1) is 6.92 Å². The Morgan fingerprint density at radius 2 is 2.33 bits per heavy atom. The number of aromatic nitrogens is 1. The van der Waals surface area contributed by atoms with Crippen LogP contribution in [0.2, 0.25) is 0 Å². The molecule has 0 aliphatic carbocycles. The second kappa shape index (κ2) is 2.35. The minimum Gasteiger partial charge on any atom is -0.354 e. The van der Waals surface area contributed by atoms with Gasteiger partial charge in [-0.2, -0.15) is 0 Å². The highest BCUT2D eigenvalue weighted by Gasteiger charge is 1.97. The van der Waals surface area contributed by atoms with Gasteiger partial charge >= 0.3 is 0 Å². The summed E-state index contributed by atoms with van der Waals surface area (Å²) in [5.74, 6) is 0. The zero-order valence-corrected chi connectivity index (χ0v) is 6.40. The Hall–Kier alpha value is -0.570. The largest absolute Gasteiger partial charge is 0.354 e. The zero-order chi connectivity index (χ0) is 6.85. The van der Waals surface area contributed by atoms with Crippen molar-refractivity contribution >= 4 is 16.5 Å². The highest BCUT2D eigenvalue weighted by Crippen LogP contribution is 2.18. The molecule has 0 unspecified atom stereocenters. The van der Waals surface area contributed by atoms with E-state index in [1.807, 2.05) is 19.0 Å². The van der Waals surface area contributed by atoms with Crippen LogP contribution in [0.25, 0.3) is 0 Å². The van der Waals surface area contributed by atoms with Gasteiger partial charge in [-0.3, -0.25) is 0 Å². The second-order valence-electron chi connectivity index (χ2n) is 2.00. The molecule has 0 amide bonds. The molecule has 0 spiro atoms. The van der Waals surface area contributed by atoms with Crippen molar-refractivity contribution in [2.45, 2.75) is 0 Å². The summed E-state index contributed by atoms with van der Waals surface area (Å²) in [7, 11) is 3.94. The van der Waals surface area contributed by atoms with Crippen LogP contribution in [0.5, 0.6) is 0 Å². The molecule has 0 saturated heterocycles. The first kappa shape index (κ1) is 6.55. The third-order valence-electron chi connectivity index (χ3n) is 0.924. The lowest BCUT2D eigenvalue weighted by Crippen LogP contribution is -2.07. The average molecular weight is 141 g/mol. The third kappa shape index (κ3) is 1.42. The van der Waals surface area contributed by atoms with E-state index in [-0.39, 0.29) is 0 Å². The molecule has 1 radical (unpaired) electrons. The molecular formula is C6H9N2S. The highest BCUT2D eigenvalue weighted by molar-refractivity contribution is 7.15. The molecule has 0 N–H and O–H groups in total. The molecule has 0 bridgehead atoms. The Balaban J connectivity index is 2.85. The van der Waals surface area contributed by atoms with Crippen molar-refractivity contribution in [1.29, 1.82) is 0 Å². The van der Waals surface area contributed by atoms with E-state index < -0.39 is 0 Å². The van der Waals surface area contributed by atoms with Crippen molar-refractivity contribution in [1.82, 2.24) is 4.98 Å². The van der Waals surface area contributed by atoms with E-state index in [1.165, 1.54) is 0 Å². The lowest BCUT2D eigenvalue weighted by atomic mass is 10.7. The number of nitrogens with zero attached hydrogens (tertiary/aromatic N) is 2. The van der Waals surface area contributed by atoms with Crippen molar-refractivity contribution in [3.63, 3.8) is 0 Å². The van der Waals surface area contributed by atoms with Crippen LogP contribution < -0.4 is 4.90 Å². The Kier molecular flexibility index (Phi) is 1.71. The standard InChI is InChI=1S/C6H9N2S/c1-5-4-7-6(9-5)8(2)3/h4H,1H2,2-3H3. The lowest BCUT2D eigenvalue weighted by molar-refractivity contribution is 1.10. The van der Waals surface area contributed by atoms with E-state index in [0.717, 1.165) is 10.0 Å². The van der Waals surface area contributed by atoms with E-state index in [4.69, 9.17) is 0 Å². The summed E-state index contributed by atoms with van der Waals surface area (Å²) < 4.78 is 0. The molecule has 0 aliphatic rings. The maximum absolute atomic E-state index is 4.10. The van der Waals surface area contributed by atoms with Crippen LogP contribution in [-0.2, 0) is 0 Å². The fourth-order valence-electron chi connectivity index (χ4n) is 0.504. The minimum absolute atomic E-state index is 1.01. The normalized spacial score (nSPS) is 9.67. The first-order valence-electron chi connectivity index (χ1n) is 2.65. The monoisotopic (exact) mass is 141 g/mol. The molecule has 49 valence electrons. The summed E-state index contributed by atoms with van der Waals surface area (Å²) in [5, 5.41) is 1.01. The van der Waals surface area contributed by atoms with Gasteiger partial charge in [0, 0.05) is 25.2 Å². The van der Waals surface area contributed by atoms with Gasteiger partial charge in [0.05, 0.1) is 0 Å². The lowest BCUT2D eigenvalue weighted by Gasteiger charge is -2.04. The van der Waals surface area contributed by atoms with Gasteiger partial charge < -0.3 is 4.90 Å². The molecule has 0 aromatic carbocycles. The van der Waals surface area contributed by atoms with Crippen molar-refractivity contribution in [3.05, 3.63) is 18.0 Å². The maximum Gasteiger partial charge on any atom is 0.184 e. The predicted octanol–water partition coefficient (Wildman–Crippen LogP) is 1.39. The first-order valence-corrected chi connectivity index (χ1v) is 3.47. The van der Waals surface area contributed by atoms with Crippen molar-refractivity contribution in [2.24, 2.45) is 0 Å². The van der Waals surface area contributed by atoms with Gasteiger partial charge in [0.25, 0.3) is 0 Å². The summed E-state index contributed by atoms with van der Waals surface area (Å²) >= 11 is 1.60. The summed E-state index contributed by atoms with van der Waals surface area (Å²) in [4.78, 5) is 7.08. The van der Waals surface area contributed by atoms with Gasteiger partial charge in [-0.05, 0) is 6.92 Å². The number of hydrogen-bond donors (Lipinski definition) is 0. The van der Waals surface area contributed by atoms with Crippen molar-refractivity contribution < 1.29 is 0 Å². The molecule has 0 atom stereocenters. The maximum atomic E-state index is 4.10. The van der Waals surface area contributed by atoms with Crippen LogP contribution >= 0.6 is 11.3 Å². The molecule has 0 fully saturated rings. The zero-order valence-electron chi connectivity index (χ0n) is 5.59. The highest BCUT2D eigenvalue weighted by atomic mass is 32.1. The van der Waals surface area contributed by atoms with Crippen molar-refractivity contribution in [3.8, 4) is 0 Å². The van der Waals surface area contributed by atoms with Crippen LogP contribution in [0.1, 0.15) is 4.88 Å². The smallest absolute Gasteiger partial charge is 0.184 e. The van der Waals surface area contributed by atoms with Gasteiger partial charge in [0.1, 0.15) is 0 Å². The van der Waals surface area contributed by atoms with E-state index >= 15 is 0 Å². The van der Waals surface area contributed by atoms with Gasteiger partial charge in [-0.15, -0.1) is 11.3 Å². The average Bonchev–Trinajstić information content (AvgIpc) is 2.14. The Morgan fingerprint density at radius 3 is 2.56 bits per heavy atom. The van der Waals surface area contributed by atoms with E-state index in [9.17, 15) is 0 Å². The second-order valence-corrected chi connectivity index (χ2v) is 3.10. The quantitative estimate of drug-likeness (QED) is 0.587. The molecule has 1 aromatic rings. The SMILES string of the molecule is [CH2]c1cnc(N(C)C)s1. The molecular weight excluding hydrogens is 132 g/mol. The van der Waals surface area contributed by atoms with Gasteiger partial charge in [0.2, 0.25) is 0 Å². The summed E-state index contributed by atoms with van der Waals surface area (Å²) in [6.07, 6.45) is 1.78. The molecule has 3 heteroatoms. The van der Waals surface area contributed by atoms with Crippen LogP contribution in [-0.4, -0.2) is 19.1 Å². The summed E-state index contributed by atoms with van der Waals surface area (Å²) in [6, 6.07) is 0. The van der Waals surface area contributed by atoms with E-state index in [0.29, 0.717) is 0 Å². The molecule has 0 aliphatic heterocycles. The fraction of sp³-hybridized carbons (Fsp3) is 0.333. The molecule has 9 heavy (non-hydrogen) atoms. The van der Waals surface area contributed by atoms with Crippen molar-refractivity contribution in [2.75, 3.05) is 19.0 Å². The summed E-state index contributed by atoms with van der Waals surface area (Å²) in [5.41, 5.74) is 0. The first-order chi connectivity index (χ1) is 4.20. The van der Waals surface area contributed by atoms with Crippen LogP contribution in [0.4, 0.5) is 5.13 Å². The predicted molar refractivity (Wildman–Crippen MR) is 40.9 cm³/mol. The Labute approximate surface area is 59.1 Å². The fourth-order valence-corrected chi connectivity index (χ4v) is 1.13. The number of rotatable bonds is 1. The molecule has 2 nitrogen and oxygen atoms in total. The Morgan fingerprint density at radius 1 is 1.67 bits per heavy atom. The van der Waals surface area contributed by atoms with Crippen LogP contribution in [0.3, 0.4) is 0 Å². The Bertz CT molecular complexity index is 193. The number of hydrogen-bond acceptors (Lipinski definition) is 3. The van der Waals surface area contributed by atoms with Gasteiger partial charge in [0.15, 0.2) is 5.13 Å². The molecule has 1 aromatic heterocycles. The van der Waals surface area contributed by atoms with Gasteiger partial charge in [-0.1, -0.05) is 0 Å². The third-order valence-corrected chi connectivity index (χ3v) is 1.94. The molecule has 0 saturated carbocycles. The number of thiazole rings is 1. The van der Waals surface area contributed by atoms with E-state index in [1.54, 1.807) is 17.5 Å². The molecule has 1 rings (SSSR count). The molecule has 1 heterocycles. The summed E-state index contributed by atoms with van der Waals surface area (Å²) in [6.45, 7) is 3.75. The number of anilines is 1. The minimum atomic E-state index is 1.01. The van der Waals surface area contributed by atoms with E-state index in [2.05, 4.69) is 11.9 Å². The van der Waals surface area contributed by atoms with Crippen LogP contribution in [0.15, 0.2) is 6.20 Å².